The molecule has 1 N–H and O–H groups in total. The lowest BCUT2D eigenvalue weighted by Crippen LogP contribution is -1.99. The van der Waals surface area contributed by atoms with Crippen LogP contribution in [0.1, 0.15) is 11.1 Å². The zero-order valence-corrected chi connectivity index (χ0v) is 13.3. The predicted octanol–water partition coefficient (Wildman–Crippen LogP) is 4.57. The van der Waals surface area contributed by atoms with E-state index in [1.165, 1.54) is 21.6 Å². The zero-order valence-electron chi connectivity index (χ0n) is 12.5. The van der Waals surface area contributed by atoms with E-state index in [9.17, 15) is 0 Å². The Kier molecular flexibility index (Phi) is 4.83. The first-order valence-electron chi connectivity index (χ1n) is 7.17. The molecule has 1 heterocycles. The third-order valence-corrected chi connectivity index (χ3v) is 4.35. The first-order chi connectivity index (χ1) is 10.8. The Morgan fingerprint density at radius 1 is 1.00 bits per heavy atom. The smallest absolute Gasteiger partial charge is 0.183 e. The van der Waals surface area contributed by atoms with Crippen molar-refractivity contribution in [3.63, 3.8) is 0 Å². The van der Waals surface area contributed by atoms with E-state index in [0.29, 0.717) is 6.61 Å². The second-order valence-corrected chi connectivity index (χ2v) is 6.03. The lowest BCUT2D eigenvalue weighted by molar-refractivity contribution is 0.185. The van der Waals surface area contributed by atoms with Crippen molar-refractivity contribution >= 4 is 16.5 Å². The molecule has 2 aromatic carbocycles. The number of ether oxygens (including phenoxy) is 1. The number of hydrogen-bond donors (Lipinski definition) is 1. The van der Waals surface area contributed by atoms with E-state index in [1.807, 2.05) is 24.4 Å². The molecule has 0 aliphatic carbocycles. The summed E-state index contributed by atoms with van der Waals surface area (Å²) in [5, 5.41) is 4.32. The largest absolute Gasteiger partial charge is 0.380 e. The second kappa shape index (κ2) is 7.20. The molecule has 22 heavy (non-hydrogen) atoms. The van der Waals surface area contributed by atoms with Gasteiger partial charge in [-0.25, -0.2) is 4.98 Å². The maximum atomic E-state index is 5.12. The normalized spacial score (nSPS) is 10.6. The molecule has 3 rings (SSSR count). The van der Waals surface area contributed by atoms with Crippen LogP contribution in [0.4, 0.5) is 5.13 Å². The van der Waals surface area contributed by atoms with Gasteiger partial charge >= 0.3 is 0 Å². The van der Waals surface area contributed by atoms with Gasteiger partial charge in [0.05, 0.1) is 11.5 Å². The van der Waals surface area contributed by atoms with Crippen LogP contribution < -0.4 is 5.32 Å². The summed E-state index contributed by atoms with van der Waals surface area (Å²) in [4.78, 5) is 5.62. The molecule has 112 valence electrons. The maximum Gasteiger partial charge on any atom is 0.183 e. The molecule has 0 aliphatic heterocycles. The predicted molar refractivity (Wildman–Crippen MR) is 92.0 cm³/mol. The van der Waals surface area contributed by atoms with Gasteiger partial charge in [0, 0.05) is 19.9 Å². The minimum atomic E-state index is 0.653. The van der Waals surface area contributed by atoms with Gasteiger partial charge in [-0.3, -0.25) is 0 Å². The average Bonchev–Trinajstić information content (AvgIpc) is 3.04. The first kappa shape index (κ1) is 14.8. The fourth-order valence-corrected chi connectivity index (χ4v) is 3.01. The fraction of sp³-hybridized carbons (Fsp3) is 0.167. The molecular weight excluding hydrogens is 292 g/mol. The third-order valence-electron chi connectivity index (χ3n) is 3.34. The number of benzene rings is 2. The van der Waals surface area contributed by atoms with Gasteiger partial charge in [0.15, 0.2) is 5.13 Å². The number of thiazole rings is 1. The second-order valence-electron chi connectivity index (χ2n) is 5.00. The summed E-state index contributed by atoms with van der Waals surface area (Å²) >= 11 is 1.67. The quantitative estimate of drug-likeness (QED) is 0.724. The van der Waals surface area contributed by atoms with Gasteiger partial charge < -0.3 is 10.1 Å². The van der Waals surface area contributed by atoms with Gasteiger partial charge in [-0.15, -0.1) is 0 Å². The zero-order chi connectivity index (χ0) is 15.2. The van der Waals surface area contributed by atoms with Gasteiger partial charge in [0.25, 0.3) is 0 Å². The summed E-state index contributed by atoms with van der Waals surface area (Å²) in [6, 6.07) is 18.7. The number of nitrogens with one attached hydrogen (secondary N) is 1. The van der Waals surface area contributed by atoms with Crippen molar-refractivity contribution < 1.29 is 4.74 Å². The molecule has 0 unspecified atom stereocenters. The Bertz CT molecular complexity index is 707. The Balaban J connectivity index is 1.61. The summed E-state index contributed by atoms with van der Waals surface area (Å²) in [6.45, 7) is 1.43. The Hall–Kier alpha value is -2.17. The highest BCUT2D eigenvalue weighted by Crippen LogP contribution is 2.28. The van der Waals surface area contributed by atoms with Crippen LogP contribution in [0.3, 0.4) is 0 Å². The average molecular weight is 310 g/mol. The van der Waals surface area contributed by atoms with Crippen LogP contribution >= 0.6 is 11.3 Å². The molecule has 0 aliphatic rings. The van der Waals surface area contributed by atoms with E-state index in [1.54, 1.807) is 18.4 Å². The summed E-state index contributed by atoms with van der Waals surface area (Å²) < 4.78 is 5.12. The molecule has 0 saturated carbocycles. The molecule has 1 aromatic heterocycles. The van der Waals surface area contributed by atoms with Crippen LogP contribution in [-0.2, 0) is 17.9 Å². The van der Waals surface area contributed by atoms with Crippen LogP contribution in [0.5, 0.6) is 0 Å². The standard InChI is InChI=1S/C18H18N2OS/c1-21-13-15-9-7-14(8-10-15)11-19-18-20-12-17(22-18)16-5-3-2-4-6-16/h2-10,12H,11,13H2,1H3,(H,19,20). The van der Waals surface area contributed by atoms with Gasteiger partial charge in [-0.05, 0) is 16.7 Å². The van der Waals surface area contributed by atoms with Gasteiger partial charge in [-0.1, -0.05) is 65.9 Å². The topological polar surface area (TPSA) is 34.1 Å². The summed E-state index contributed by atoms with van der Waals surface area (Å²) in [7, 11) is 1.71. The molecular formula is C18H18N2OS. The highest BCUT2D eigenvalue weighted by Gasteiger charge is 2.04. The van der Waals surface area contributed by atoms with E-state index in [2.05, 4.69) is 46.7 Å². The number of anilines is 1. The summed E-state index contributed by atoms with van der Waals surface area (Å²) in [6.07, 6.45) is 1.92. The van der Waals surface area contributed by atoms with Crippen LogP contribution in [-0.4, -0.2) is 12.1 Å². The highest BCUT2D eigenvalue weighted by molar-refractivity contribution is 7.18. The van der Waals surface area contributed by atoms with Crippen molar-refractivity contribution in [1.29, 1.82) is 0 Å². The van der Waals surface area contributed by atoms with E-state index in [4.69, 9.17) is 4.74 Å². The molecule has 0 fully saturated rings. The van der Waals surface area contributed by atoms with Crippen LogP contribution in [0.25, 0.3) is 10.4 Å². The lowest BCUT2D eigenvalue weighted by Gasteiger charge is -2.04. The molecule has 0 spiro atoms. The number of aromatic nitrogens is 1. The number of nitrogens with zero attached hydrogens (tertiary/aromatic N) is 1. The molecule has 0 radical (unpaired) electrons. The number of hydrogen-bond acceptors (Lipinski definition) is 4. The van der Waals surface area contributed by atoms with Crippen molar-refractivity contribution in [1.82, 2.24) is 4.98 Å². The molecule has 0 saturated heterocycles. The van der Waals surface area contributed by atoms with Crippen LogP contribution in [0, 0.1) is 0 Å². The van der Waals surface area contributed by atoms with Crippen molar-refractivity contribution in [3.05, 3.63) is 71.9 Å². The van der Waals surface area contributed by atoms with E-state index in [0.717, 1.165) is 11.7 Å². The van der Waals surface area contributed by atoms with E-state index >= 15 is 0 Å². The van der Waals surface area contributed by atoms with Crippen molar-refractivity contribution in [2.24, 2.45) is 0 Å². The van der Waals surface area contributed by atoms with Crippen LogP contribution in [0.2, 0.25) is 0 Å². The molecule has 0 amide bonds. The Morgan fingerprint density at radius 2 is 1.73 bits per heavy atom. The third kappa shape index (κ3) is 3.72. The molecule has 3 nitrogen and oxygen atoms in total. The van der Waals surface area contributed by atoms with Gasteiger partial charge in [0.2, 0.25) is 0 Å². The van der Waals surface area contributed by atoms with Crippen molar-refractivity contribution in [2.45, 2.75) is 13.2 Å². The lowest BCUT2D eigenvalue weighted by atomic mass is 10.1. The van der Waals surface area contributed by atoms with Crippen molar-refractivity contribution in [3.8, 4) is 10.4 Å². The highest BCUT2D eigenvalue weighted by atomic mass is 32.1. The summed E-state index contributed by atoms with van der Waals surface area (Å²) in [5.41, 5.74) is 3.63. The first-order valence-corrected chi connectivity index (χ1v) is 7.98. The van der Waals surface area contributed by atoms with Gasteiger partial charge in [0.1, 0.15) is 0 Å². The Labute approximate surface area is 134 Å². The van der Waals surface area contributed by atoms with Gasteiger partial charge in [-0.2, -0.15) is 0 Å². The molecule has 0 bridgehead atoms. The molecule has 4 heteroatoms. The minimum absolute atomic E-state index is 0.653. The van der Waals surface area contributed by atoms with E-state index < -0.39 is 0 Å². The summed E-state index contributed by atoms with van der Waals surface area (Å²) in [5.74, 6) is 0. The van der Waals surface area contributed by atoms with Crippen LogP contribution in [0.15, 0.2) is 60.8 Å². The maximum absolute atomic E-state index is 5.12. The fourth-order valence-electron chi connectivity index (χ4n) is 2.19. The monoisotopic (exact) mass is 310 g/mol. The molecule has 0 atom stereocenters. The minimum Gasteiger partial charge on any atom is -0.380 e. The number of rotatable bonds is 6. The molecule has 3 aromatic rings. The Morgan fingerprint density at radius 3 is 2.45 bits per heavy atom. The van der Waals surface area contributed by atoms with E-state index in [-0.39, 0.29) is 0 Å². The SMILES string of the molecule is COCc1ccc(CNc2ncc(-c3ccccc3)s2)cc1. The number of methoxy groups -OCH3 is 1. The van der Waals surface area contributed by atoms with Crippen molar-refractivity contribution in [2.75, 3.05) is 12.4 Å².